The number of anilines is 1. The molecular formula is C18H20F2N2O. The van der Waals surface area contributed by atoms with Gasteiger partial charge in [-0.1, -0.05) is 24.3 Å². The van der Waals surface area contributed by atoms with Crippen LogP contribution in [0.2, 0.25) is 0 Å². The fourth-order valence-electron chi connectivity index (χ4n) is 2.38. The first-order valence-corrected chi connectivity index (χ1v) is 7.65. The highest BCUT2D eigenvalue weighted by Gasteiger charge is 2.16. The van der Waals surface area contributed by atoms with E-state index >= 15 is 0 Å². The second-order valence-corrected chi connectivity index (χ2v) is 5.12. The van der Waals surface area contributed by atoms with E-state index in [-0.39, 0.29) is 0 Å². The molecule has 1 amide bonds. The van der Waals surface area contributed by atoms with Gasteiger partial charge in [-0.15, -0.1) is 0 Å². The van der Waals surface area contributed by atoms with Gasteiger partial charge in [0.1, 0.15) is 17.2 Å². The first-order chi connectivity index (χ1) is 11.1. The van der Waals surface area contributed by atoms with E-state index in [1.807, 2.05) is 30.3 Å². The highest BCUT2D eigenvalue weighted by Crippen LogP contribution is 2.13. The zero-order chi connectivity index (χ0) is 16.7. The largest absolute Gasteiger partial charge is 0.372 e. The maximum absolute atomic E-state index is 13.5. The Kier molecular flexibility index (Phi) is 6.09. The molecule has 2 aromatic carbocycles. The SMILES string of the molecule is CCN(CCCNC(=O)c1c(F)cccc1F)c1ccccc1. The summed E-state index contributed by atoms with van der Waals surface area (Å²) in [6.45, 7) is 4.01. The third kappa shape index (κ3) is 4.52. The highest BCUT2D eigenvalue weighted by atomic mass is 19.1. The second kappa shape index (κ2) is 8.27. The van der Waals surface area contributed by atoms with Crippen molar-refractivity contribution in [3.05, 3.63) is 65.7 Å². The van der Waals surface area contributed by atoms with E-state index in [0.29, 0.717) is 13.0 Å². The summed E-state index contributed by atoms with van der Waals surface area (Å²) in [5, 5.41) is 2.57. The molecular weight excluding hydrogens is 298 g/mol. The van der Waals surface area contributed by atoms with Crippen molar-refractivity contribution in [2.45, 2.75) is 13.3 Å². The van der Waals surface area contributed by atoms with Crippen molar-refractivity contribution in [1.82, 2.24) is 5.32 Å². The van der Waals surface area contributed by atoms with Gasteiger partial charge < -0.3 is 10.2 Å². The van der Waals surface area contributed by atoms with Gasteiger partial charge in [0.15, 0.2) is 0 Å². The van der Waals surface area contributed by atoms with Gasteiger partial charge >= 0.3 is 0 Å². The van der Waals surface area contributed by atoms with Crippen LogP contribution in [-0.4, -0.2) is 25.5 Å². The molecule has 2 aromatic rings. The molecule has 0 saturated carbocycles. The molecule has 0 aliphatic rings. The van der Waals surface area contributed by atoms with Gasteiger partial charge in [0.2, 0.25) is 0 Å². The van der Waals surface area contributed by atoms with Crippen molar-refractivity contribution in [3.8, 4) is 0 Å². The normalized spacial score (nSPS) is 10.4. The van der Waals surface area contributed by atoms with Crippen molar-refractivity contribution in [2.75, 3.05) is 24.5 Å². The molecule has 1 N–H and O–H groups in total. The number of halogens is 2. The molecule has 122 valence electrons. The second-order valence-electron chi connectivity index (χ2n) is 5.12. The molecule has 0 spiro atoms. The molecule has 2 rings (SSSR count). The van der Waals surface area contributed by atoms with Crippen molar-refractivity contribution >= 4 is 11.6 Å². The number of carbonyl (C=O) groups is 1. The van der Waals surface area contributed by atoms with Gasteiger partial charge in [-0.3, -0.25) is 4.79 Å². The predicted octanol–water partition coefficient (Wildman–Crippen LogP) is 3.61. The number of hydrogen-bond donors (Lipinski definition) is 1. The van der Waals surface area contributed by atoms with Crippen LogP contribution in [0.4, 0.5) is 14.5 Å². The molecule has 0 aliphatic heterocycles. The monoisotopic (exact) mass is 318 g/mol. The lowest BCUT2D eigenvalue weighted by molar-refractivity contribution is 0.0945. The number of para-hydroxylation sites is 1. The summed E-state index contributed by atoms with van der Waals surface area (Å²) in [6.07, 6.45) is 0.685. The van der Waals surface area contributed by atoms with Crippen molar-refractivity contribution in [3.63, 3.8) is 0 Å². The molecule has 0 aliphatic carbocycles. The van der Waals surface area contributed by atoms with Gasteiger partial charge in [-0.2, -0.15) is 0 Å². The van der Waals surface area contributed by atoms with E-state index < -0.39 is 23.1 Å². The smallest absolute Gasteiger partial charge is 0.257 e. The summed E-state index contributed by atoms with van der Waals surface area (Å²) in [5.41, 5.74) is 0.587. The van der Waals surface area contributed by atoms with Gasteiger partial charge in [0, 0.05) is 25.3 Å². The number of nitrogens with zero attached hydrogens (tertiary/aromatic N) is 1. The zero-order valence-electron chi connectivity index (χ0n) is 13.1. The lowest BCUT2D eigenvalue weighted by atomic mass is 10.2. The van der Waals surface area contributed by atoms with Gasteiger partial charge in [-0.05, 0) is 37.6 Å². The van der Waals surface area contributed by atoms with E-state index in [0.717, 1.165) is 30.9 Å². The number of hydrogen-bond acceptors (Lipinski definition) is 2. The summed E-state index contributed by atoms with van der Waals surface area (Å²) >= 11 is 0. The van der Waals surface area contributed by atoms with E-state index in [9.17, 15) is 13.6 Å². The summed E-state index contributed by atoms with van der Waals surface area (Å²) in [5.74, 6) is -2.41. The minimum absolute atomic E-state index is 0.357. The molecule has 0 radical (unpaired) electrons. The standard InChI is InChI=1S/C18H20F2N2O/c1-2-22(14-8-4-3-5-9-14)13-7-12-21-18(23)17-15(19)10-6-11-16(17)20/h3-6,8-11H,2,7,12-13H2,1H3,(H,21,23). The Morgan fingerprint density at radius 1 is 1.04 bits per heavy atom. The fraction of sp³-hybridized carbons (Fsp3) is 0.278. The first-order valence-electron chi connectivity index (χ1n) is 7.65. The predicted molar refractivity (Wildman–Crippen MR) is 87.6 cm³/mol. The van der Waals surface area contributed by atoms with Crippen LogP contribution in [0.3, 0.4) is 0 Å². The topological polar surface area (TPSA) is 32.3 Å². The van der Waals surface area contributed by atoms with Crippen LogP contribution >= 0.6 is 0 Å². The number of nitrogens with one attached hydrogen (secondary N) is 1. The summed E-state index contributed by atoms with van der Waals surface area (Å²) < 4.78 is 27.0. The fourth-order valence-corrected chi connectivity index (χ4v) is 2.38. The number of carbonyl (C=O) groups excluding carboxylic acids is 1. The maximum atomic E-state index is 13.5. The first kappa shape index (κ1) is 16.9. The molecule has 0 bridgehead atoms. The third-order valence-corrected chi connectivity index (χ3v) is 3.58. The summed E-state index contributed by atoms with van der Waals surface area (Å²) in [4.78, 5) is 14.0. The van der Waals surface area contributed by atoms with Crippen LogP contribution in [0, 0.1) is 11.6 Å². The van der Waals surface area contributed by atoms with Crippen LogP contribution in [0.25, 0.3) is 0 Å². The van der Waals surface area contributed by atoms with Gasteiger partial charge in [0.05, 0.1) is 0 Å². The highest BCUT2D eigenvalue weighted by molar-refractivity contribution is 5.94. The van der Waals surface area contributed by atoms with E-state index in [2.05, 4.69) is 17.1 Å². The molecule has 0 saturated heterocycles. The molecule has 0 unspecified atom stereocenters. The molecule has 0 aromatic heterocycles. The van der Waals surface area contributed by atoms with Crippen LogP contribution in [0.1, 0.15) is 23.7 Å². The molecule has 23 heavy (non-hydrogen) atoms. The Morgan fingerprint density at radius 2 is 1.70 bits per heavy atom. The van der Waals surface area contributed by atoms with E-state index in [1.165, 1.54) is 6.07 Å². The molecule has 3 nitrogen and oxygen atoms in total. The average molecular weight is 318 g/mol. The number of benzene rings is 2. The molecule has 5 heteroatoms. The van der Waals surface area contributed by atoms with Crippen molar-refractivity contribution in [1.29, 1.82) is 0 Å². The van der Waals surface area contributed by atoms with Crippen LogP contribution < -0.4 is 10.2 Å². The van der Waals surface area contributed by atoms with Crippen LogP contribution in [0.15, 0.2) is 48.5 Å². The minimum atomic E-state index is -0.845. The zero-order valence-corrected chi connectivity index (χ0v) is 13.1. The Morgan fingerprint density at radius 3 is 2.30 bits per heavy atom. The van der Waals surface area contributed by atoms with Crippen molar-refractivity contribution in [2.24, 2.45) is 0 Å². The Hall–Kier alpha value is -2.43. The molecule has 0 atom stereocenters. The quantitative estimate of drug-likeness (QED) is 0.791. The lowest BCUT2D eigenvalue weighted by Gasteiger charge is -2.23. The van der Waals surface area contributed by atoms with E-state index in [4.69, 9.17) is 0 Å². The van der Waals surface area contributed by atoms with Crippen LogP contribution in [0.5, 0.6) is 0 Å². The number of amides is 1. The molecule has 0 heterocycles. The summed E-state index contributed by atoms with van der Waals surface area (Å²) in [6, 6.07) is 13.3. The van der Waals surface area contributed by atoms with Gasteiger partial charge in [0.25, 0.3) is 5.91 Å². The third-order valence-electron chi connectivity index (χ3n) is 3.58. The summed E-state index contributed by atoms with van der Waals surface area (Å²) in [7, 11) is 0. The Balaban J connectivity index is 1.84. The van der Waals surface area contributed by atoms with Crippen LogP contribution in [-0.2, 0) is 0 Å². The maximum Gasteiger partial charge on any atom is 0.257 e. The van der Waals surface area contributed by atoms with Gasteiger partial charge in [-0.25, -0.2) is 8.78 Å². The molecule has 0 fully saturated rings. The van der Waals surface area contributed by atoms with E-state index in [1.54, 1.807) is 0 Å². The van der Waals surface area contributed by atoms with Crippen molar-refractivity contribution < 1.29 is 13.6 Å². The minimum Gasteiger partial charge on any atom is -0.372 e. The lowest BCUT2D eigenvalue weighted by Crippen LogP contribution is -2.30. The average Bonchev–Trinajstić information content (AvgIpc) is 2.55. The number of rotatable bonds is 7. The Bertz CT molecular complexity index is 626. The Labute approximate surface area is 134 Å².